The first-order valence-corrected chi connectivity index (χ1v) is 11.0. The number of amides is 2. The van der Waals surface area contributed by atoms with Crippen molar-refractivity contribution in [1.29, 1.82) is 0 Å². The molecule has 0 aliphatic carbocycles. The number of nitrogens with one attached hydrogen (secondary N) is 2. The van der Waals surface area contributed by atoms with E-state index in [1.807, 2.05) is 38.1 Å². The van der Waals surface area contributed by atoms with Crippen molar-refractivity contribution in [2.75, 3.05) is 13.1 Å². The lowest BCUT2D eigenvalue weighted by atomic mass is 9.95. The Balaban J connectivity index is 1.52. The van der Waals surface area contributed by atoms with Crippen molar-refractivity contribution in [1.82, 2.24) is 20.2 Å². The number of para-hydroxylation sites is 1. The maximum atomic E-state index is 13.2. The average Bonchev–Trinajstić information content (AvgIpc) is 3.15. The minimum atomic E-state index is -0.817. The number of aromatic amines is 1. The number of fused-ring (bicyclic) bond motifs is 3. The summed E-state index contributed by atoms with van der Waals surface area (Å²) in [5, 5.41) is 14.0. The molecule has 1 aromatic carbocycles. The zero-order valence-electron chi connectivity index (χ0n) is 18.3. The SMILES string of the molecule is CC(C)CC(NC(=O)c1cc2c(cn1)[nH]c1ccccc12)C(=O)N1CCC(C(=O)O)CC1. The second kappa shape index (κ2) is 8.98. The Morgan fingerprint density at radius 2 is 1.88 bits per heavy atom. The summed E-state index contributed by atoms with van der Waals surface area (Å²) < 4.78 is 0. The average molecular weight is 437 g/mol. The molecular weight excluding hydrogens is 408 g/mol. The van der Waals surface area contributed by atoms with Gasteiger partial charge in [-0.15, -0.1) is 0 Å². The fraction of sp³-hybridized carbons (Fsp3) is 0.417. The number of aliphatic carboxylic acids is 1. The van der Waals surface area contributed by atoms with Crippen molar-refractivity contribution < 1.29 is 19.5 Å². The monoisotopic (exact) mass is 436 g/mol. The number of H-pyrrole nitrogens is 1. The van der Waals surface area contributed by atoms with Gasteiger partial charge >= 0.3 is 5.97 Å². The quantitative estimate of drug-likeness (QED) is 0.549. The van der Waals surface area contributed by atoms with Gasteiger partial charge in [0.2, 0.25) is 5.91 Å². The number of carbonyl (C=O) groups excluding carboxylic acids is 2. The van der Waals surface area contributed by atoms with E-state index in [2.05, 4.69) is 15.3 Å². The maximum absolute atomic E-state index is 13.2. The van der Waals surface area contributed by atoms with Gasteiger partial charge in [-0.2, -0.15) is 0 Å². The molecule has 4 rings (SSSR count). The number of pyridine rings is 1. The van der Waals surface area contributed by atoms with Gasteiger partial charge in [0.25, 0.3) is 5.91 Å². The molecule has 1 saturated heterocycles. The predicted octanol–water partition coefficient (Wildman–Crippen LogP) is 3.18. The Hall–Kier alpha value is -3.42. The molecule has 2 aromatic heterocycles. The maximum Gasteiger partial charge on any atom is 0.306 e. The second-order valence-electron chi connectivity index (χ2n) is 8.88. The molecule has 32 heavy (non-hydrogen) atoms. The lowest BCUT2D eigenvalue weighted by Crippen LogP contribution is -2.51. The molecule has 1 fully saturated rings. The van der Waals surface area contributed by atoms with Crippen LogP contribution in [0.3, 0.4) is 0 Å². The molecule has 3 heterocycles. The largest absolute Gasteiger partial charge is 0.481 e. The Morgan fingerprint density at radius 1 is 1.16 bits per heavy atom. The number of hydrogen-bond acceptors (Lipinski definition) is 4. The number of nitrogens with zero attached hydrogens (tertiary/aromatic N) is 2. The van der Waals surface area contributed by atoms with Crippen molar-refractivity contribution in [3.63, 3.8) is 0 Å². The molecule has 1 atom stereocenters. The Morgan fingerprint density at radius 3 is 2.56 bits per heavy atom. The highest BCUT2D eigenvalue weighted by atomic mass is 16.4. The number of carboxylic acid groups (broad SMARTS) is 1. The van der Waals surface area contributed by atoms with Gasteiger partial charge in [0.1, 0.15) is 11.7 Å². The molecule has 0 bridgehead atoms. The minimum Gasteiger partial charge on any atom is -0.481 e. The third-order valence-electron chi connectivity index (χ3n) is 6.09. The summed E-state index contributed by atoms with van der Waals surface area (Å²) in [4.78, 5) is 46.7. The first-order chi connectivity index (χ1) is 15.3. The summed E-state index contributed by atoms with van der Waals surface area (Å²) >= 11 is 0. The fourth-order valence-electron chi connectivity index (χ4n) is 4.37. The van der Waals surface area contributed by atoms with Crippen LogP contribution in [0.5, 0.6) is 0 Å². The molecule has 0 spiro atoms. The summed E-state index contributed by atoms with van der Waals surface area (Å²) in [6.45, 7) is 4.78. The normalized spacial score (nSPS) is 15.9. The van der Waals surface area contributed by atoms with Gasteiger partial charge in [-0.3, -0.25) is 14.4 Å². The van der Waals surface area contributed by atoms with Crippen molar-refractivity contribution >= 4 is 39.6 Å². The van der Waals surface area contributed by atoms with E-state index in [0.717, 1.165) is 21.8 Å². The molecule has 0 saturated carbocycles. The van der Waals surface area contributed by atoms with Crippen LogP contribution in [0.1, 0.15) is 43.6 Å². The van der Waals surface area contributed by atoms with Crippen LogP contribution in [-0.4, -0.2) is 56.9 Å². The van der Waals surface area contributed by atoms with E-state index in [9.17, 15) is 19.5 Å². The van der Waals surface area contributed by atoms with Crippen LogP contribution in [0.4, 0.5) is 0 Å². The van der Waals surface area contributed by atoms with Crippen LogP contribution >= 0.6 is 0 Å². The van der Waals surface area contributed by atoms with Gasteiger partial charge in [-0.1, -0.05) is 32.0 Å². The topological polar surface area (TPSA) is 115 Å². The number of benzene rings is 1. The highest BCUT2D eigenvalue weighted by molar-refractivity contribution is 6.09. The molecule has 8 heteroatoms. The van der Waals surface area contributed by atoms with E-state index in [1.54, 1.807) is 17.2 Å². The lowest BCUT2D eigenvalue weighted by molar-refractivity contribution is -0.146. The zero-order valence-corrected chi connectivity index (χ0v) is 18.3. The Labute approximate surface area is 186 Å². The van der Waals surface area contributed by atoms with E-state index in [-0.39, 0.29) is 17.5 Å². The van der Waals surface area contributed by atoms with E-state index in [4.69, 9.17) is 0 Å². The summed E-state index contributed by atoms with van der Waals surface area (Å²) in [6.07, 6.45) is 3.00. The minimum absolute atomic E-state index is 0.163. The molecule has 1 aliphatic rings. The fourth-order valence-corrected chi connectivity index (χ4v) is 4.37. The molecule has 0 radical (unpaired) electrons. The molecule has 8 nitrogen and oxygen atoms in total. The number of likely N-dealkylation sites (tertiary alicyclic amines) is 1. The van der Waals surface area contributed by atoms with Crippen LogP contribution in [0, 0.1) is 11.8 Å². The zero-order chi connectivity index (χ0) is 22.8. The molecule has 1 aliphatic heterocycles. The third kappa shape index (κ3) is 4.44. The summed E-state index contributed by atoms with van der Waals surface area (Å²) in [5.41, 5.74) is 2.08. The predicted molar refractivity (Wildman–Crippen MR) is 121 cm³/mol. The number of carbonyl (C=O) groups is 3. The van der Waals surface area contributed by atoms with Gasteiger partial charge in [0.05, 0.1) is 17.6 Å². The first kappa shape index (κ1) is 21.8. The van der Waals surface area contributed by atoms with Gasteiger partial charge in [0.15, 0.2) is 0 Å². The standard InChI is InChI=1S/C24H28N4O4/c1-14(2)11-20(23(30)28-9-7-15(8-10-28)24(31)32)27-22(29)19-12-17-16-5-3-4-6-18(16)26-21(17)13-25-19/h3-6,12-15,20,26H,7-11H2,1-2H3,(H,27,29)(H,31,32). The first-order valence-electron chi connectivity index (χ1n) is 11.0. The molecule has 2 amide bonds. The van der Waals surface area contributed by atoms with Crippen molar-refractivity contribution in [2.45, 2.75) is 39.2 Å². The van der Waals surface area contributed by atoms with E-state index in [1.165, 1.54) is 0 Å². The van der Waals surface area contributed by atoms with Crippen LogP contribution in [-0.2, 0) is 9.59 Å². The smallest absolute Gasteiger partial charge is 0.306 e. The Kier molecular flexibility index (Phi) is 6.12. The summed E-state index contributed by atoms with van der Waals surface area (Å²) in [6, 6.07) is 8.92. The van der Waals surface area contributed by atoms with Crippen molar-refractivity contribution in [3.05, 3.63) is 42.2 Å². The highest BCUT2D eigenvalue weighted by Crippen LogP contribution is 2.25. The van der Waals surface area contributed by atoms with Crippen LogP contribution in [0.15, 0.2) is 36.5 Å². The van der Waals surface area contributed by atoms with Crippen LogP contribution in [0.2, 0.25) is 0 Å². The lowest BCUT2D eigenvalue weighted by Gasteiger charge is -2.33. The number of hydrogen-bond donors (Lipinski definition) is 3. The third-order valence-corrected chi connectivity index (χ3v) is 6.09. The number of aromatic nitrogens is 2. The molecular formula is C24H28N4O4. The van der Waals surface area contributed by atoms with Crippen LogP contribution in [0.25, 0.3) is 21.8 Å². The highest BCUT2D eigenvalue weighted by Gasteiger charge is 2.32. The van der Waals surface area contributed by atoms with Crippen molar-refractivity contribution in [2.24, 2.45) is 11.8 Å². The van der Waals surface area contributed by atoms with Gasteiger partial charge in [-0.25, -0.2) is 4.98 Å². The number of piperidine rings is 1. The Bertz CT molecular complexity index is 1160. The van der Waals surface area contributed by atoms with E-state index >= 15 is 0 Å². The summed E-state index contributed by atoms with van der Waals surface area (Å²) in [5.74, 6) is -1.59. The number of carboxylic acids is 1. The van der Waals surface area contributed by atoms with Crippen LogP contribution < -0.4 is 5.32 Å². The molecule has 168 valence electrons. The number of rotatable bonds is 6. The van der Waals surface area contributed by atoms with Crippen molar-refractivity contribution in [3.8, 4) is 0 Å². The van der Waals surface area contributed by atoms with E-state index in [0.29, 0.717) is 32.4 Å². The molecule has 3 aromatic rings. The van der Waals surface area contributed by atoms with Gasteiger partial charge < -0.3 is 20.3 Å². The van der Waals surface area contributed by atoms with Gasteiger partial charge in [-0.05, 0) is 37.3 Å². The second-order valence-corrected chi connectivity index (χ2v) is 8.88. The van der Waals surface area contributed by atoms with Gasteiger partial charge in [0, 0.05) is 29.4 Å². The summed E-state index contributed by atoms with van der Waals surface area (Å²) in [7, 11) is 0. The molecule has 1 unspecified atom stereocenters. The molecule has 3 N–H and O–H groups in total. The van der Waals surface area contributed by atoms with E-state index < -0.39 is 23.8 Å².